The van der Waals surface area contributed by atoms with Crippen molar-refractivity contribution in [2.45, 2.75) is 215 Å². The second-order valence-electron chi connectivity index (χ2n) is 22.6. The molecule has 1 aromatic carbocycles. The molecule has 21 aliphatic rings. The maximum atomic E-state index is 13.6. The lowest BCUT2D eigenvalue weighted by molar-refractivity contribution is -0.396. The second kappa shape index (κ2) is 29.6. The minimum Gasteiger partial charge on any atom is -0.394 e. The Bertz CT molecular complexity index is 2340. The van der Waals surface area contributed by atoms with Crippen LogP contribution in [0.15, 0.2) is 24.3 Å². The van der Waals surface area contributed by atoms with Crippen LogP contribution in [0.2, 0.25) is 0 Å². The maximum Gasteiger partial charge on any atom is 0.251 e. The molecular formula is C51H80N2O35. The monoisotopic (exact) mass is 1280 g/mol. The summed E-state index contributed by atoms with van der Waals surface area (Å²) in [5.74, 6) is -0.722. The fourth-order valence-corrected chi connectivity index (χ4v) is 11.6. The molecule has 504 valence electrons. The van der Waals surface area contributed by atoms with Crippen molar-refractivity contribution < 1.29 is 173 Å². The Balaban J connectivity index is 1.02. The van der Waals surface area contributed by atoms with E-state index in [1.54, 1.807) is 31.1 Å². The van der Waals surface area contributed by atoms with Crippen molar-refractivity contribution in [1.29, 1.82) is 0 Å². The SMILES string of the molecule is CN(C)c1ccc(C(=O)NC[C@H]2O[C@@H]3O[C@H]4[C@H](O)[C@@H](O)[C@@H](O[C@H]5[C@H](O)[C@@H](O)[C@@H](O[C@H]6[C@H](O)[C@@H](O)[C@@H](O[C@H]7[C@H](O)[C@@H](O)[C@@H](O[C@H]8[C@H](O)[C@@H](O)[C@@H](O[C@H]9[C@H](O)[C@@H](O)[C@@H](O[C@H]2[C@H](O)[C@H]3O)O[C@@H]9CO)O[C@@H]8CO)O[C@@H]7CO)O[C@@H]6CO)O[C@@H]5CO)O[C@@H]4CO)cc1. The Hall–Kier alpha value is -2.87. The molecule has 37 nitrogen and oxygen atoms in total. The van der Waals surface area contributed by atoms with Crippen molar-refractivity contribution in [3.63, 3.8) is 0 Å². The first-order valence-corrected chi connectivity index (χ1v) is 28.3. The summed E-state index contributed by atoms with van der Waals surface area (Å²) in [6.45, 7) is -7.02. The smallest absolute Gasteiger partial charge is 0.251 e. The number of carbonyl (C=O) groups is 1. The van der Waals surface area contributed by atoms with Gasteiger partial charge in [-0.25, -0.2) is 0 Å². The quantitative estimate of drug-likeness (QED) is 0.103. The van der Waals surface area contributed by atoms with E-state index in [9.17, 15) is 107 Å². The molecule has 0 saturated carbocycles. The minimum atomic E-state index is -2.26. The van der Waals surface area contributed by atoms with Gasteiger partial charge in [0.2, 0.25) is 0 Å². The first kappa shape index (κ1) is 69.5. The summed E-state index contributed by atoms with van der Waals surface area (Å²) in [5.41, 5.74) is 0.850. The first-order valence-electron chi connectivity index (χ1n) is 28.3. The standard InChI is InChI=1S/C51H80N2O35/c1-53(2)15-5-3-14(4-6-15)44(74)52-7-16-37-23(60)30(67)45(75-16)83-38-17(8-54)77-47(32(69)25(38)62)85-40-19(10-56)79-49(34(71)27(40)64)87-42-21(12-58)81-51(36(73)29(42)66)88-43-22(13-59)80-50(35(72)28(43)65)86-41-20(11-57)78-48(33(70)26(41)63)84-39-18(9-55)76-46(82-37)31(68)24(39)61/h3-6,16-43,45-51,54-73H,7-13H2,1-2H3,(H,52,74)/t16-,17-,18-,19-,20-,21-,22-,23-,24-,25-,26-,27-,28-,29-,30-,31-,32-,33-,34-,35-,36-,37-,38-,39-,40-,41-,42-,43-,45-,46-,47-,48-,49-,50-,51-/m1/s1. The van der Waals surface area contributed by atoms with E-state index in [0.29, 0.717) is 0 Å². The normalized spacial score (nSPS) is 49.8. The lowest BCUT2D eigenvalue weighted by Gasteiger charge is -2.50. The summed E-state index contributed by atoms with van der Waals surface area (Å²) < 4.78 is 81.2. The number of carbonyl (C=O) groups excluding carboxylic acids is 1. The molecule has 35 atom stereocenters. The van der Waals surface area contributed by atoms with Crippen LogP contribution in [0.5, 0.6) is 0 Å². The molecule has 0 radical (unpaired) electrons. The fourth-order valence-electron chi connectivity index (χ4n) is 11.6. The third kappa shape index (κ3) is 14.0. The lowest BCUT2D eigenvalue weighted by atomic mass is 9.95. The van der Waals surface area contributed by atoms with Crippen LogP contribution >= 0.6 is 0 Å². The van der Waals surface area contributed by atoms with Gasteiger partial charge in [-0.15, -0.1) is 0 Å². The van der Waals surface area contributed by atoms with Crippen LogP contribution in [-0.2, 0) is 66.3 Å². The molecule has 1 amide bonds. The number of hydrogen-bond donors (Lipinski definition) is 21. The van der Waals surface area contributed by atoms with Gasteiger partial charge in [-0.2, -0.15) is 0 Å². The summed E-state index contributed by atoms with van der Waals surface area (Å²) in [4.78, 5) is 15.4. The summed E-state index contributed by atoms with van der Waals surface area (Å²) in [6, 6.07) is 6.23. The van der Waals surface area contributed by atoms with Crippen LogP contribution in [0.25, 0.3) is 0 Å². The van der Waals surface area contributed by atoms with Crippen LogP contribution in [0.4, 0.5) is 5.69 Å². The van der Waals surface area contributed by atoms with Crippen LogP contribution in [0, 0.1) is 0 Å². The van der Waals surface area contributed by atoms with Gasteiger partial charge in [0, 0.05) is 31.9 Å². The summed E-state index contributed by atoms with van der Waals surface area (Å²) in [6.07, 6.45) is -71.2. The molecule has 88 heavy (non-hydrogen) atoms. The van der Waals surface area contributed by atoms with E-state index in [1.807, 2.05) is 0 Å². The molecule has 21 saturated heterocycles. The van der Waals surface area contributed by atoms with Crippen molar-refractivity contribution in [2.24, 2.45) is 0 Å². The number of ether oxygens (including phenoxy) is 14. The highest BCUT2D eigenvalue weighted by Gasteiger charge is 2.59. The zero-order valence-electron chi connectivity index (χ0n) is 47.0. The van der Waals surface area contributed by atoms with Gasteiger partial charge in [-0.05, 0) is 24.3 Å². The van der Waals surface area contributed by atoms with Gasteiger partial charge in [0.1, 0.15) is 171 Å². The first-order chi connectivity index (χ1) is 41.9. The number of amides is 1. The van der Waals surface area contributed by atoms with Gasteiger partial charge in [-0.1, -0.05) is 0 Å². The van der Waals surface area contributed by atoms with Gasteiger partial charge < -0.3 is 179 Å². The van der Waals surface area contributed by atoms with E-state index >= 15 is 0 Å². The molecule has 0 aliphatic carbocycles. The Kier molecular flexibility index (Phi) is 23.4. The third-order valence-corrected chi connectivity index (χ3v) is 16.7. The number of aliphatic hydroxyl groups is 20. The highest BCUT2D eigenvalue weighted by molar-refractivity contribution is 5.94. The number of aliphatic hydroxyl groups excluding tert-OH is 20. The van der Waals surface area contributed by atoms with Crippen molar-refractivity contribution in [3.8, 4) is 0 Å². The van der Waals surface area contributed by atoms with Gasteiger partial charge in [0.15, 0.2) is 44.0 Å². The zero-order valence-corrected chi connectivity index (χ0v) is 47.0. The van der Waals surface area contributed by atoms with Crippen molar-refractivity contribution in [2.75, 3.05) is 65.2 Å². The van der Waals surface area contributed by atoms with Crippen LogP contribution in [0.3, 0.4) is 0 Å². The zero-order chi connectivity index (χ0) is 63.9. The minimum absolute atomic E-state index is 0.122. The average molecular weight is 1280 g/mol. The predicted molar refractivity (Wildman–Crippen MR) is 274 cm³/mol. The van der Waals surface area contributed by atoms with Gasteiger partial charge in [0.25, 0.3) is 5.91 Å². The summed E-state index contributed by atoms with van der Waals surface area (Å²) in [7, 11) is 3.53. The Morgan fingerprint density at radius 2 is 0.511 bits per heavy atom. The second-order valence-corrected chi connectivity index (χ2v) is 22.6. The molecule has 14 bridgehead atoms. The highest BCUT2D eigenvalue weighted by atomic mass is 16.8. The molecule has 37 heteroatoms. The molecule has 0 unspecified atom stereocenters. The molecule has 21 N–H and O–H groups in total. The van der Waals surface area contributed by atoms with Crippen LogP contribution in [0.1, 0.15) is 10.4 Å². The largest absolute Gasteiger partial charge is 0.394 e. The van der Waals surface area contributed by atoms with E-state index in [-0.39, 0.29) is 5.56 Å². The van der Waals surface area contributed by atoms with E-state index in [2.05, 4.69) is 5.32 Å². The number of benzene rings is 1. The van der Waals surface area contributed by atoms with E-state index in [1.165, 1.54) is 12.1 Å². The average Bonchev–Trinajstić information content (AvgIpc) is 1.96. The van der Waals surface area contributed by atoms with E-state index in [4.69, 9.17) is 66.3 Å². The Labute approximate surface area is 499 Å². The molecule has 0 spiro atoms. The number of rotatable bonds is 10. The van der Waals surface area contributed by atoms with Crippen molar-refractivity contribution >= 4 is 11.6 Å². The molecular weight excluding hydrogens is 1200 g/mol. The van der Waals surface area contributed by atoms with Crippen LogP contribution in [-0.4, -0.2) is 383 Å². The van der Waals surface area contributed by atoms with Gasteiger partial charge >= 0.3 is 0 Å². The number of anilines is 1. The fraction of sp³-hybridized carbons (Fsp3) is 0.863. The lowest BCUT2D eigenvalue weighted by Crippen LogP contribution is -2.68. The Morgan fingerprint density at radius 1 is 0.318 bits per heavy atom. The van der Waals surface area contributed by atoms with Crippen molar-refractivity contribution in [3.05, 3.63) is 29.8 Å². The summed E-state index contributed by atoms with van der Waals surface area (Å²) >= 11 is 0. The third-order valence-electron chi connectivity index (χ3n) is 16.7. The molecule has 1 aromatic rings. The predicted octanol–water partition coefficient (Wildman–Crippen LogP) is -13.7. The topological polar surface area (TPSA) is 566 Å². The van der Waals surface area contributed by atoms with Gasteiger partial charge in [0.05, 0.1) is 39.6 Å². The molecule has 0 aromatic heterocycles. The number of hydrogen-bond acceptors (Lipinski definition) is 36. The maximum absolute atomic E-state index is 13.6. The van der Waals surface area contributed by atoms with Gasteiger partial charge in [-0.3, -0.25) is 4.79 Å². The van der Waals surface area contributed by atoms with E-state index < -0.39 is 267 Å². The highest BCUT2D eigenvalue weighted by Crippen LogP contribution is 2.39. The summed E-state index contributed by atoms with van der Waals surface area (Å²) in [5, 5.41) is 226. The number of nitrogens with one attached hydrogen (secondary N) is 1. The molecule has 21 fully saturated rings. The molecule has 21 heterocycles. The van der Waals surface area contributed by atoms with E-state index in [0.717, 1.165) is 5.69 Å². The molecule has 22 rings (SSSR count). The Morgan fingerprint density at radius 3 is 0.705 bits per heavy atom. The van der Waals surface area contributed by atoms with Crippen molar-refractivity contribution in [1.82, 2.24) is 5.32 Å². The molecule has 21 aliphatic heterocycles. The van der Waals surface area contributed by atoms with Crippen LogP contribution < -0.4 is 10.2 Å². The number of nitrogens with zero attached hydrogens (tertiary/aromatic N) is 1.